The number of pyridine rings is 1. The van der Waals surface area contributed by atoms with Crippen molar-refractivity contribution in [1.82, 2.24) is 4.98 Å². The maximum absolute atomic E-state index is 4.34. The molecule has 0 atom stereocenters. The van der Waals surface area contributed by atoms with Crippen LogP contribution in [0.3, 0.4) is 0 Å². The normalized spacial score (nSPS) is 9.85. The number of aromatic nitrogens is 1. The lowest BCUT2D eigenvalue weighted by molar-refractivity contribution is 1.13. The molecule has 0 saturated heterocycles. The fourth-order valence-corrected chi connectivity index (χ4v) is 1.76. The van der Waals surface area contributed by atoms with Crippen LogP contribution in [-0.2, 0) is 0 Å². The van der Waals surface area contributed by atoms with Crippen molar-refractivity contribution < 1.29 is 0 Å². The second-order valence-corrected chi connectivity index (χ2v) is 3.58. The van der Waals surface area contributed by atoms with E-state index in [-0.39, 0.29) is 0 Å². The molecule has 0 fully saturated rings. The quantitative estimate of drug-likeness (QED) is 0.802. The largest absolute Gasteiger partial charge is 0.385 e. The van der Waals surface area contributed by atoms with E-state index in [2.05, 4.69) is 45.4 Å². The first kappa shape index (κ1) is 10.3. The number of nitrogens with one attached hydrogen (secondary N) is 2. The SMILES string of the molecule is CCNc1nc(Br)cc(C)c1NC. The van der Waals surface area contributed by atoms with Crippen LogP contribution in [0.2, 0.25) is 0 Å². The van der Waals surface area contributed by atoms with Crippen LogP contribution < -0.4 is 10.6 Å². The van der Waals surface area contributed by atoms with Gasteiger partial charge in [-0.2, -0.15) is 0 Å². The molecule has 0 radical (unpaired) electrons. The van der Waals surface area contributed by atoms with Crippen molar-refractivity contribution in [3.63, 3.8) is 0 Å². The highest BCUT2D eigenvalue weighted by molar-refractivity contribution is 9.10. The van der Waals surface area contributed by atoms with Gasteiger partial charge in [0.05, 0.1) is 5.69 Å². The van der Waals surface area contributed by atoms with Crippen molar-refractivity contribution in [2.24, 2.45) is 0 Å². The fourth-order valence-electron chi connectivity index (χ4n) is 1.24. The van der Waals surface area contributed by atoms with E-state index in [4.69, 9.17) is 0 Å². The van der Waals surface area contributed by atoms with E-state index >= 15 is 0 Å². The standard InChI is InChI=1S/C9H14BrN3/c1-4-12-9-8(11-3)6(2)5-7(10)13-9/h5,11H,4H2,1-3H3,(H,12,13). The molecule has 1 aromatic heterocycles. The summed E-state index contributed by atoms with van der Waals surface area (Å²) in [6.45, 7) is 4.98. The van der Waals surface area contributed by atoms with Crippen molar-refractivity contribution in [2.75, 3.05) is 24.2 Å². The molecule has 0 spiro atoms. The topological polar surface area (TPSA) is 37.0 Å². The first-order valence-electron chi connectivity index (χ1n) is 4.27. The Labute approximate surface area is 87.1 Å². The summed E-state index contributed by atoms with van der Waals surface area (Å²) in [6.07, 6.45) is 0. The summed E-state index contributed by atoms with van der Waals surface area (Å²) in [5.41, 5.74) is 2.24. The average Bonchev–Trinajstić information content (AvgIpc) is 2.04. The highest BCUT2D eigenvalue weighted by Crippen LogP contribution is 2.25. The fraction of sp³-hybridized carbons (Fsp3) is 0.444. The van der Waals surface area contributed by atoms with Crippen LogP contribution >= 0.6 is 15.9 Å². The van der Waals surface area contributed by atoms with Gasteiger partial charge in [0.25, 0.3) is 0 Å². The maximum Gasteiger partial charge on any atom is 0.151 e. The summed E-state index contributed by atoms with van der Waals surface area (Å²) in [5.74, 6) is 0.900. The number of aryl methyl sites for hydroxylation is 1. The summed E-state index contributed by atoms with van der Waals surface area (Å²) in [7, 11) is 1.90. The molecule has 4 heteroatoms. The van der Waals surface area contributed by atoms with Crippen LogP contribution in [-0.4, -0.2) is 18.6 Å². The summed E-state index contributed by atoms with van der Waals surface area (Å²) in [5, 5.41) is 6.34. The van der Waals surface area contributed by atoms with Gasteiger partial charge < -0.3 is 10.6 Å². The first-order valence-corrected chi connectivity index (χ1v) is 5.07. The summed E-state index contributed by atoms with van der Waals surface area (Å²) in [4.78, 5) is 4.34. The van der Waals surface area contributed by atoms with Gasteiger partial charge >= 0.3 is 0 Å². The number of hydrogen-bond donors (Lipinski definition) is 2. The van der Waals surface area contributed by atoms with Gasteiger partial charge in [0.1, 0.15) is 4.60 Å². The Morgan fingerprint density at radius 1 is 1.54 bits per heavy atom. The molecule has 72 valence electrons. The van der Waals surface area contributed by atoms with Gasteiger partial charge in [0.2, 0.25) is 0 Å². The van der Waals surface area contributed by atoms with E-state index in [1.54, 1.807) is 0 Å². The van der Waals surface area contributed by atoms with E-state index < -0.39 is 0 Å². The van der Waals surface area contributed by atoms with Crippen LogP contribution in [0.5, 0.6) is 0 Å². The molecule has 1 heterocycles. The third-order valence-electron chi connectivity index (χ3n) is 1.78. The second kappa shape index (κ2) is 4.46. The molecule has 0 unspecified atom stereocenters. The third kappa shape index (κ3) is 2.34. The lowest BCUT2D eigenvalue weighted by Crippen LogP contribution is -2.05. The van der Waals surface area contributed by atoms with Crippen LogP contribution in [0.1, 0.15) is 12.5 Å². The van der Waals surface area contributed by atoms with E-state index in [9.17, 15) is 0 Å². The molecule has 0 aliphatic heterocycles. The monoisotopic (exact) mass is 243 g/mol. The second-order valence-electron chi connectivity index (χ2n) is 2.77. The van der Waals surface area contributed by atoms with Crippen LogP contribution in [0.4, 0.5) is 11.5 Å². The molecule has 2 N–H and O–H groups in total. The molecule has 1 aromatic rings. The van der Waals surface area contributed by atoms with Crippen molar-refractivity contribution >= 4 is 27.4 Å². The molecule has 0 aliphatic carbocycles. The van der Waals surface area contributed by atoms with Gasteiger partial charge in [-0.3, -0.25) is 0 Å². The first-order chi connectivity index (χ1) is 6.19. The average molecular weight is 244 g/mol. The Hall–Kier alpha value is -0.770. The van der Waals surface area contributed by atoms with Crippen molar-refractivity contribution in [3.05, 3.63) is 16.2 Å². The Kier molecular flexibility index (Phi) is 3.54. The number of nitrogens with zero attached hydrogens (tertiary/aromatic N) is 1. The molecule has 0 aliphatic rings. The van der Waals surface area contributed by atoms with Crippen molar-refractivity contribution in [3.8, 4) is 0 Å². The van der Waals surface area contributed by atoms with Gasteiger partial charge in [0, 0.05) is 13.6 Å². The highest BCUT2D eigenvalue weighted by atomic mass is 79.9. The Bertz CT molecular complexity index is 299. The summed E-state index contributed by atoms with van der Waals surface area (Å²) in [6, 6.07) is 1.99. The van der Waals surface area contributed by atoms with Gasteiger partial charge in [-0.1, -0.05) is 0 Å². The lowest BCUT2D eigenvalue weighted by Gasteiger charge is -2.12. The zero-order chi connectivity index (χ0) is 9.84. The van der Waals surface area contributed by atoms with Gasteiger partial charge in [-0.25, -0.2) is 4.98 Å². The number of rotatable bonds is 3. The molecular formula is C9H14BrN3. The molecule has 0 bridgehead atoms. The number of anilines is 2. The maximum atomic E-state index is 4.34. The van der Waals surface area contributed by atoms with Crippen LogP contribution in [0.15, 0.2) is 10.7 Å². The third-order valence-corrected chi connectivity index (χ3v) is 2.19. The number of halogens is 1. The molecule has 1 rings (SSSR count). The minimum Gasteiger partial charge on any atom is -0.385 e. The molecule has 0 amide bonds. The molecule has 13 heavy (non-hydrogen) atoms. The molecule has 0 saturated carbocycles. The highest BCUT2D eigenvalue weighted by Gasteiger charge is 2.05. The van der Waals surface area contributed by atoms with E-state index in [1.807, 2.05) is 13.1 Å². The van der Waals surface area contributed by atoms with Crippen LogP contribution in [0.25, 0.3) is 0 Å². The van der Waals surface area contributed by atoms with Crippen molar-refractivity contribution in [1.29, 1.82) is 0 Å². The van der Waals surface area contributed by atoms with Crippen molar-refractivity contribution in [2.45, 2.75) is 13.8 Å². The zero-order valence-electron chi connectivity index (χ0n) is 8.11. The Balaban J connectivity index is 3.13. The number of hydrogen-bond acceptors (Lipinski definition) is 3. The van der Waals surface area contributed by atoms with E-state index in [1.165, 1.54) is 5.56 Å². The molecular weight excluding hydrogens is 230 g/mol. The smallest absolute Gasteiger partial charge is 0.151 e. The summed E-state index contributed by atoms with van der Waals surface area (Å²) < 4.78 is 0.861. The van der Waals surface area contributed by atoms with Gasteiger partial charge in [-0.15, -0.1) is 0 Å². The summed E-state index contributed by atoms with van der Waals surface area (Å²) >= 11 is 3.37. The Morgan fingerprint density at radius 2 is 2.23 bits per heavy atom. The van der Waals surface area contributed by atoms with Crippen LogP contribution in [0, 0.1) is 6.92 Å². The van der Waals surface area contributed by atoms with Gasteiger partial charge in [0.15, 0.2) is 5.82 Å². The predicted octanol–water partition coefficient (Wildman–Crippen LogP) is 2.63. The van der Waals surface area contributed by atoms with E-state index in [0.717, 1.165) is 22.7 Å². The molecule has 3 nitrogen and oxygen atoms in total. The zero-order valence-corrected chi connectivity index (χ0v) is 9.70. The minimum absolute atomic E-state index is 0.861. The predicted molar refractivity (Wildman–Crippen MR) is 60.4 cm³/mol. The van der Waals surface area contributed by atoms with E-state index in [0.29, 0.717) is 0 Å². The minimum atomic E-state index is 0.861. The van der Waals surface area contributed by atoms with Gasteiger partial charge in [-0.05, 0) is 41.4 Å². The molecule has 0 aromatic carbocycles. The Morgan fingerprint density at radius 3 is 2.77 bits per heavy atom. The lowest BCUT2D eigenvalue weighted by atomic mass is 10.2.